The second kappa shape index (κ2) is 6.61. The zero-order valence-electron chi connectivity index (χ0n) is 11.6. The summed E-state index contributed by atoms with van der Waals surface area (Å²) >= 11 is 0. The molecule has 1 aromatic rings. The topological polar surface area (TPSA) is 50.7 Å². The summed E-state index contributed by atoms with van der Waals surface area (Å²) in [6, 6.07) is 5.51. The minimum Gasteiger partial charge on any atom is -0.496 e. The molecule has 0 aliphatic carbocycles. The van der Waals surface area contributed by atoms with Crippen LogP contribution >= 0.6 is 0 Å². The van der Waals surface area contributed by atoms with Gasteiger partial charge in [-0.05, 0) is 38.6 Å². The predicted molar refractivity (Wildman–Crippen MR) is 72.3 cm³/mol. The summed E-state index contributed by atoms with van der Waals surface area (Å²) in [5.41, 5.74) is -0.284. The Bertz CT molecular complexity index is 355. The molecule has 0 amide bonds. The lowest BCUT2D eigenvalue weighted by molar-refractivity contribution is 0.0430. The summed E-state index contributed by atoms with van der Waals surface area (Å²) in [5, 5.41) is 13.8. The molecule has 4 heteroatoms. The quantitative estimate of drug-likeness (QED) is 0.729. The van der Waals surface area contributed by atoms with Gasteiger partial charge in [-0.2, -0.15) is 0 Å². The van der Waals surface area contributed by atoms with Crippen LogP contribution in [-0.4, -0.2) is 32.4 Å². The molecule has 0 bridgehead atoms. The van der Waals surface area contributed by atoms with Gasteiger partial charge in [0, 0.05) is 0 Å². The van der Waals surface area contributed by atoms with Crippen LogP contribution in [-0.2, 0) is 5.60 Å². The first-order valence-electron chi connectivity index (χ1n) is 6.21. The van der Waals surface area contributed by atoms with Gasteiger partial charge < -0.3 is 19.9 Å². The molecule has 2 N–H and O–H groups in total. The van der Waals surface area contributed by atoms with E-state index in [1.807, 2.05) is 25.1 Å². The number of rotatable bonds is 7. The van der Waals surface area contributed by atoms with Crippen molar-refractivity contribution < 1.29 is 14.6 Å². The van der Waals surface area contributed by atoms with Gasteiger partial charge in [0.15, 0.2) is 0 Å². The van der Waals surface area contributed by atoms with Crippen LogP contribution in [0.5, 0.6) is 11.5 Å². The fraction of sp³-hybridized carbons (Fsp3) is 0.571. The molecule has 1 aromatic carbocycles. The number of benzene rings is 1. The third kappa shape index (κ3) is 3.37. The predicted octanol–water partition coefficient (Wildman–Crippen LogP) is 1.91. The molecule has 4 nitrogen and oxygen atoms in total. The fourth-order valence-electron chi connectivity index (χ4n) is 2.02. The van der Waals surface area contributed by atoms with Crippen LogP contribution in [0.25, 0.3) is 0 Å². The standard InChI is InChI=1S/C14H23NO3/c1-5-15-10-9-14(2,16)13-11(17-3)7-6-8-12(13)18-4/h6-8,15-16H,5,9-10H2,1-4H3. The summed E-state index contributed by atoms with van der Waals surface area (Å²) in [7, 11) is 3.19. The van der Waals surface area contributed by atoms with Crippen LogP contribution in [0.15, 0.2) is 18.2 Å². The number of methoxy groups -OCH3 is 2. The molecule has 0 saturated carbocycles. The van der Waals surface area contributed by atoms with Gasteiger partial charge in [-0.3, -0.25) is 0 Å². The first kappa shape index (κ1) is 14.8. The van der Waals surface area contributed by atoms with Crippen LogP contribution < -0.4 is 14.8 Å². The minimum absolute atomic E-state index is 0.595. The molecule has 0 aliphatic heterocycles. The Kier molecular flexibility index (Phi) is 5.44. The van der Waals surface area contributed by atoms with Crippen molar-refractivity contribution in [1.29, 1.82) is 0 Å². The van der Waals surface area contributed by atoms with Gasteiger partial charge in [0.2, 0.25) is 0 Å². The van der Waals surface area contributed by atoms with Gasteiger partial charge in [0.1, 0.15) is 11.5 Å². The van der Waals surface area contributed by atoms with Crippen LogP contribution in [0, 0.1) is 0 Å². The van der Waals surface area contributed by atoms with E-state index in [0.29, 0.717) is 23.5 Å². The summed E-state index contributed by atoms with van der Waals surface area (Å²) in [4.78, 5) is 0. The Morgan fingerprint density at radius 1 is 1.22 bits per heavy atom. The normalized spacial score (nSPS) is 14.1. The molecule has 0 saturated heterocycles. The molecule has 0 radical (unpaired) electrons. The summed E-state index contributed by atoms with van der Waals surface area (Å²) in [6.07, 6.45) is 0.595. The Morgan fingerprint density at radius 3 is 2.22 bits per heavy atom. The Morgan fingerprint density at radius 2 is 1.78 bits per heavy atom. The number of hydrogen-bond donors (Lipinski definition) is 2. The van der Waals surface area contributed by atoms with E-state index in [4.69, 9.17) is 9.47 Å². The largest absolute Gasteiger partial charge is 0.496 e. The smallest absolute Gasteiger partial charge is 0.128 e. The zero-order chi connectivity index (χ0) is 13.6. The average Bonchev–Trinajstić information content (AvgIpc) is 2.37. The zero-order valence-corrected chi connectivity index (χ0v) is 11.6. The fourth-order valence-corrected chi connectivity index (χ4v) is 2.02. The second-order valence-corrected chi connectivity index (χ2v) is 4.41. The first-order valence-corrected chi connectivity index (χ1v) is 6.21. The molecule has 102 valence electrons. The van der Waals surface area contributed by atoms with Crippen LogP contribution in [0.3, 0.4) is 0 Å². The maximum absolute atomic E-state index is 10.6. The number of ether oxygens (including phenoxy) is 2. The van der Waals surface area contributed by atoms with Gasteiger partial charge in [-0.15, -0.1) is 0 Å². The van der Waals surface area contributed by atoms with Gasteiger partial charge in [-0.25, -0.2) is 0 Å². The molecule has 18 heavy (non-hydrogen) atoms. The Balaban J connectivity index is 3.04. The number of nitrogens with one attached hydrogen (secondary N) is 1. The van der Waals surface area contributed by atoms with Crippen molar-refractivity contribution in [3.8, 4) is 11.5 Å². The highest BCUT2D eigenvalue weighted by Gasteiger charge is 2.30. The molecule has 1 atom stereocenters. The molecule has 0 spiro atoms. The van der Waals surface area contributed by atoms with Crippen molar-refractivity contribution in [3.63, 3.8) is 0 Å². The maximum atomic E-state index is 10.6. The highest BCUT2D eigenvalue weighted by atomic mass is 16.5. The second-order valence-electron chi connectivity index (χ2n) is 4.41. The molecule has 1 rings (SSSR count). The van der Waals surface area contributed by atoms with E-state index in [-0.39, 0.29) is 0 Å². The van der Waals surface area contributed by atoms with Crippen molar-refractivity contribution in [2.75, 3.05) is 27.3 Å². The monoisotopic (exact) mass is 253 g/mol. The van der Waals surface area contributed by atoms with E-state index < -0.39 is 5.60 Å². The summed E-state index contributed by atoms with van der Waals surface area (Å²) < 4.78 is 10.6. The van der Waals surface area contributed by atoms with Gasteiger partial charge in [0.25, 0.3) is 0 Å². The number of aliphatic hydroxyl groups is 1. The molecular formula is C14H23NO3. The summed E-state index contributed by atoms with van der Waals surface area (Å²) in [6.45, 7) is 5.45. The van der Waals surface area contributed by atoms with Crippen LogP contribution in [0.1, 0.15) is 25.8 Å². The van der Waals surface area contributed by atoms with E-state index in [2.05, 4.69) is 5.32 Å². The van der Waals surface area contributed by atoms with E-state index >= 15 is 0 Å². The van der Waals surface area contributed by atoms with Crippen molar-refractivity contribution in [2.24, 2.45) is 0 Å². The highest BCUT2D eigenvalue weighted by molar-refractivity contribution is 5.48. The lowest BCUT2D eigenvalue weighted by Crippen LogP contribution is -2.28. The molecule has 0 heterocycles. The minimum atomic E-state index is -0.986. The third-order valence-electron chi connectivity index (χ3n) is 3.00. The van der Waals surface area contributed by atoms with E-state index in [1.165, 1.54) is 0 Å². The van der Waals surface area contributed by atoms with E-state index in [0.717, 1.165) is 13.1 Å². The highest BCUT2D eigenvalue weighted by Crippen LogP contribution is 2.39. The van der Waals surface area contributed by atoms with E-state index in [1.54, 1.807) is 21.1 Å². The number of hydrogen-bond acceptors (Lipinski definition) is 4. The van der Waals surface area contributed by atoms with Crippen molar-refractivity contribution >= 4 is 0 Å². The first-order chi connectivity index (χ1) is 8.56. The van der Waals surface area contributed by atoms with Crippen molar-refractivity contribution in [2.45, 2.75) is 25.9 Å². The maximum Gasteiger partial charge on any atom is 0.128 e. The molecule has 0 aromatic heterocycles. The SMILES string of the molecule is CCNCCC(C)(O)c1c(OC)cccc1OC. The van der Waals surface area contributed by atoms with Crippen molar-refractivity contribution in [3.05, 3.63) is 23.8 Å². The lowest BCUT2D eigenvalue weighted by Gasteiger charge is -2.27. The van der Waals surface area contributed by atoms with E-state index in [9.17, 15) is 5.11 Å². The average molecular weight is 253 g/mol. The molecule has 1 unspecified atom stereocenters. The molecular weight excluding hydrogens is 230 g/mol. The Hall–Kier alpha value is -1.26. The van der Waals surface area contributed by atoms with Gasteiger partial charge in [0.05, 0.1) is 25.4 Å². The van der Waals surface area contributed by atoms with Crippen molar-refractivity contribution in [1.82, 2.24) is 5.32 Å². The van der Waals surface area contributed by atoms with Crippen LogP contribution in [0.2, 0.25) is 0 Å². The van der Waals surface area contributed by atoms with Gasteiger partial charge >= 0.3 is 0 Å². The summed E-state index contributed by atoms with van der Waals surface area (Å²) in [5.74, 6) is 1.30. The third-order valence-corrected chi connectivity index (χ3v) is 3.00. The van der Waals surface area contributed by atoms with Gasteiger partial charge in [-0.1, -0.05) is 13.0 Å². The lowest BCUT2D eigenvalue weighted by atomic mass is 9.90. The van der Waals surface area contributed by atoms with Crippen LogP contribution in [0.4, 0.5) is 0 Å². The Labute approximate surface area is 109 Å². The molecule has 0 aliphatic rings. The molecule has 0 fully saturated rings.